The van der Waals surface area contributed by atoms with Gasteiger partial charge in [0, 0.05) is 28.0 Å². The quantitative estimate of drug-likeness (QED) is 0.872. The predicted molar refractivity (Wildman–Crippen MR) is 85.9 cm³/mol. The van der Waals surface area contributed by atoms with Crippen molar-refractivity contribution in [3.05, 3.63) is 49.9 Å². The summed E-state index contributed by atoms with van der Waals surface area (Å²) >= 11 is 5.27. The van der Waals surface area contributed by atoms with Gasteiger partial charge in [-0.3, -0.25) is 0 Å². The van der Waals surface area contributed by atoms with Crippen LogP contribution in [0.15, 0.2) is 28.1 Å². The van der Waals surface area contributed by atoms with Crippen LogP contribution in [-0.4, -0.2) is 11.5 Å². The Morgan fingerprint density at radius 2 is 2.16 bits per heavy atom. The second kappa shape index (κ2) is 6.64. The van der Waals surface area contributed by atoms with Crippen molar-refractivity contribution in [2.75, 3.05) is 6.54 Å². The molecular weight excluding hydrogens is 320 g/mol. The zero-order valence-corrected chi connectivity index (χ0v) is 13.9. The summed E-state index contributed by atoms with van der Waals surface area (Å²) < 4.78 is 1.13. The lowest BCUT2D eigenvalue weighted by molar-refractivity contribution is 0.546. The highest BCUT2D eigenvalue weighted by molar-refractivity contribution is 9.10. The molecule has 102 valence electrons. The highest BCUT2D eigenvalue weighted by Gasteiger charge is 2.15. The maximum Gasteiger partial charge on any atom is 0.0947 e. The largest absolute Gasteiger partial charge is 0.310 e. The molecule has 0 saturated heterocycles. The standard InChI is InChI=1S/C15H19BrN2S/c1-4-17-14(8-15-18-11(3)9-19-15)13-6-5-12(16)7-10(13)2/h5-7,9,14,17H,4,8H2,1-3H3. The van der Waals surface area contributed by atoms with Crippen LogP contribution in [0.5, 0.6) is 0 Å². The van der Waals surface area contributed by atoms with Gasteiger partial charge >= 0.3 is 0 Å². The summed E-state index contributed by atoms with van der Waals surface area (Å²) in [5, 5.41) is 6.89. The lowest BCUT2D eigenvalue weighted by Crippen LogP contribution is -2.23. The summed E-state index contributed by atoms with van der Waals surface area (Å²) in [6.45, 7) is 7.32. The first-order valence-electron chi connectivity index (χ1n) is 6.50. The Morgan fingerprint density at radius 3 is 2.74 bits per heavy atom. The summed E-state index contributed by atoms with van der Waals surface area (Å²) in [5.41, 5.74) is 3.79. The van der Waals surface area contributed by atoms with Crippen molar-refractivity contribution in [2.24, 2.45) is 0 Å². The van der Waals surface area contributed by atoms with Crippen molar-refractivity contribution >= 4 is 27.3 Å². The monoisotopic (exact) mass is 338 g/mol. The maximum atomic E-state index is 4.57. The van der Waals surface area contributed by atoms with Gasteiger partial charge in [-0.1, -0.05) is 28.9 Å². The molecule has 1 unspecified atom stereocenters. The summed E-state index contributed by atoms with van der Waals surface area (Å²) in [5.74, 6) is 0. The van der Waals surface area contributed by atoms with Gasteiger partial charge in [-0.15, -0.1) is 11.3 Å². The Labute approximate surface area is 127 Å². The molecule has 2 rings (SSSR count). The molecule has 0 aliphatic rings. The first-order chi connectivity index (χ1) is 9.10. The molecule has 0 spiro atoms. The normalized spacial score (nSPS) is 12.6. The van der Waals surface area contributed by atoms with Crippen LogP contribution in [0, 0.1) is 13.8 Å². The average Bonchev–Trinajstić information content (AvgIpc) is 2.74. The number of benzene rings is 1. The van der Waals surface area contributed by atoms with Crippen molar-refractivity contribution in [1.29, 1.82) is 0 Å². The molecule has 0 saturated carbocycles. The zero-order chi connectivity index (χ0) is 13.8. The van der Waals surface area contributed by atoms with Gasteiger partial charge in [0.2, 0.25) is 0 Å². The van der Waals surface area contributed by atoms with Crippen molar-refractivity contribution in [3.8, 4) is 0 Å². The molecule has 0 radical (unpaired) electrons. The molecule has 1 aromatic carbocycles. The van der Waals surface area contributed by atoms with Crippen LogP contribution < -0.4 is 5.32 Å². The third kappa shape index (κ3) is 3.88. The fourth-order valence-electron chi connectivity index (χ4n) is 2.24. The minimum atomic E-state index is 0.337. The van der Waals surface area contributed by atoms with Crippen LogP contribution in [-0.2, 0) is 6.42 Å². The molecule has 4 heteroatoms. The van der Waals surface area contributed by atoms with Gasteiger partial charge in [0.1, 0.15) is 0 Å². The number of likely N-dealkylation sites (N-methyl/N-ethyl adjacent to an activating group) is 1. The van der Waals surface area contributed by atoms with Gasteiger partial charge in [0.25, 0.3) is 0 Å². The van der Waals surface area contributed by atoms with E-state index in [1.54, 1.807) is 11.3 Å². The molecule has 0 amide bonds. The Morgan fingerprint density at radius 1 is 1.37 bits per heavy atom. The highest BCUT2D eigenvalue weighted by atomic mass is 79.9. The smallest absolute Gasteiger partial charge is 0.0947 e. The molecular formula is C15H19BrN2S. The molecule has 19 heavy (non-hydrogen) atoms. The Kier molecular flexibility index (Phi) is 5.13. The van der Waals surface area contributed by atoms with E-state index >= 15 is 0 Å². The van der Waals surface area contributed by atoms with Crippen molar-refractivity contribution < 1.29 is 0 Å². The fraction of sp³-hybridized carbons (Fsp3) is 0.400. The zero-order valence-electron chi connectivity index (χ0n) is 11.5. The van der Waals surface area contributed by atoms with Gasteiger partial charge in [0.05, 0.1) is 5.01 Å². The summed E-state index contributed by atoms with van der Waals surface area (Å²) in [4.78, 5) is 4.57. The molecule has 1 aromatic heterocycles. The summed E-state index contributed by atoms with van der Waals surface area (Å²) in [7, 11) is 0. The number of thiazole rings is 1. The second-order valence-electron chi connectivity index (χ2n) is 4.70. The van der Waals surface area contributed by atoms with E-state index in [-0.39, 0.29) is 0 Å². The Bertz CT molecular complexity index is 551. The number of hydrogen-bond acceptors (Lipinski definition) is 3. The van der Waals surface area contributed by atoms with Crippen molar-refractivity contribution in [1.82, 2.24) is 10.3 Å². The topological polar surface area (TPSA) is 24.9 Å². The van der Waals surface area contributed by atoms with E-state index in [0.29, 0.717) is 6.04 Å². The van der Waals surface area contributed by atoms with Gasteiger partial charge in [0.15, 0.2) is 0 Å². The SMILES string of the molecule is CCNC(Cc1nc(C)cs1)c1ccc(Br)cc1C. The van der Waals surface area contributed by atoms with Crippen molar-refractivity contribution in [2.45, 2.75) is 33.2 Å². The third-order valence-electron chi connectivity index (χ3n) is 3.10. The van der Waals surface area contributed by atoms with Gasteiger partial charge < -0.3 is 5.32 Å². The van der Waals surface area contributed by atoms with E-state index < -0.39 is 0 Å². The van der Waals surface area contributed by atoms with Gasteiger partial charge in [-0.25, -0.2) is 4.98 Å². The van der Waals surface area contributed by atoms with Crippen LogP contribution in [0.1, 0.15) is 34.8 Å². The van der Waals surface area contributed by atoms with Gasteiger partial charge in [-0.05, 0) is 43.7 Å². The summed E-state index contributed by atoms with van der Waals surface area (Å²) in [6.07, 6.45) is 0.953. The molecule has 0 aliphatic heterocycles. The number of nitrogens with one attached hydrogen (secondary N) is 1. The molecule has 0 aliphatic carbocycles. The molecule has 2 aromatic rings. The minimum Gasteiger partial charge on any atom is -0.310 e. The van der Waals surface area contributed by atoms with E-state index in [2.05, 4.69) is 63.7 Å². The highest BCUT2D eigenvalue weighted by Crippen LogP contribution is 2.25. The van der Waals surface area contributed by atoms with E-state index in [1.807, 2.05) is 6.92 Å². The first-order valence-corrected chi connectivity index (χ1v) is 8.18. The predicted octanol–water partition coefficient (Wildman–Crippen LogP) is 4.42. The number of rotatable bonds is 5. The number of aryl methyl sites for hydroxylation is 2. The Balaban J connectivity index is 2.23. The van der Waals surface area contributed by atoms with Crippen LogP contribution >= 0.6 is 27.3 Å². The third-order valence-corrected chi connectivity index (χ3v) is 4.59. The fourth-order valence-corrected chi connectivity index (χ4v) is 3.53. The van der Waals surface area contributed by atoms with E-state index in [0.717, 1.165) is 23.1 Å². The number of nitrogens with zero attached hydrogens (tertiary/aromatic N) is 1. The molecule has 1 heterocycles. The first kappa shape index (κ1) is 14.7. The number of halogens is 1. The lowest BCUT2D eigenvalue weighted by atomic mass is 9.99. The summed E-state index contributed by atoms with van der Waals surface area (Å²) in [6, 6.07) is 6.82. The Hall–Kier alpha value is -0.710. The van der Waals surface area contributed by atoms with E-state index in [4.69, 9.17) is 0 Å². The van der Waals surface area contributed by atoms with E-state index in [9.17, 15) is 0 Å². The van der Waals surface area contributed by atoms with Crippen LogP contribution in [0.3, 0.4) is 0 Å². The van der Waals surface area contributed by atoms with Gasteiger partial charge in [-0.2, -0.15) is 0 Å². The minimum absolute atomic E-state index is 0.337. The van der Waals surface area contributed by atoms with Crippen molar-refractivity contribution in [3.63, 3.8) is 0 Å². The van der Waals surface area contributed by atoms with Crippen LogP contribution in [0.4, 0.5) is 0 Å². The number of hydrogen-bond donors (Lipinski definition) is 1. The molecule has 2 nitrogen and oxygen atoms in total. The molecule has 1 N–H and O–H groups in total. The maximum absolute atomic E-state index is 4.57. The molecule has 0 bridgehead atoms. The second-order valence-corrected chi connectivity index (χ2v) is 6.56. The number of aromatic nitrogens is 1. The van der Waals surface area contributed by atoms with E-state index in [1.165, 1.54) is 16.1 Å². The molecule has 0 fully saturated rings. The average molecular weight is 339 g/mol. The molecule has 1 atom stereocenters. The van der Waals surface area contributed by atoms with Crippen LogP contribution in [0.2, 0.25) is 0 Å². The lowest BCUT2D eigenvalue weighted by Gasteiger charge is -2.19. The van der Waals surface area contributed by atoms with Crippen LogP contribution in [0.25, 0.3) is 0 Å².